The SMILES string of the molecule is N#CCOc1cc(Cl)ccc1C1CC1. The second-order valence-corrected chi connectivity index (χ2v) is 3.84. The van der Waals surface area contributed by atoms with Gasteiger partial charge in [-0.05, 0) is 36.5 Å². The van der Waals surface area contributed by atoms with E-state index >= 15 is 0 Å². The molecule has 0 unspecified atom stereocenters. The molecule has 1 aromatic carbocycles. The molecule has 1 saturated carbocycles. The van der Waals surface area contributed by atoms with E-state index in [1.165, 1.54) is 18.4 Å². The predicted octanol–water partition coefficient (Wildman–Crippen LogP) is 3.12. The molecule has 0 spiro atoms. The van der Waals surface area contributed by atoms with Gasteiger partial charge in [0.05, 0.1) is 0 Å². The average molecular weight is 208 g/mol. The van der Waals surface area contributed by atoms with Crippen molar-refractivity contribution in [3.63, 3.8) is 0 Å². The summed E-state index contributed by atoms with van der Waals surface area (Å²) in [5.41, 5.74) is 1.18. The molecule has 3 heteroatoms. The highest BCUT2D eigenvalue weighted by Crippen LogP contribution is 2.44. The molecule has 0 amide bonds. The maximum Gasteiger partial charge on any atom is 0.174 e. The van der Waals surface area contributed by atoms with E-state index in [1.807, 2.05) is 18.2 Å². The van der Waals surface area contributed by atoms with Gasteiger partial charge in [0.25, 0.3) is 0 Å². The standard InChI is InChI=1S/C11H10ClNO/c12-9-3-4-10(8-1-2-8)11(7-9)14-6-5-13/h3-4,7-8H,1-2,6H2. The molecule has 1 fully saturated rings. The van der Waals surface area contributed by atoms with Gasteiger partial charge in [0.1, 0.15) is 11.8 Å². The molecule has 72 valence electrons. The minimum absolute atomic E-state index is 0.0834. The second kappa shape index (κ2) is 3.89. The van der Waals surface area contributed by atoms with Gasteiger partial charge in [0.2, 0.25) is 0 Å². The average Bonchev–Trinajstić information content (AvgIpc) is 2.98. The van der Waals surface area contributed by atoms with Crippen LogP contribution in [0.15, 0.2) is 18.2 Å². The first-order chi connectivity index (χ1) is 6.81. The van der Waals surface area contributed by atoms with Crippen LogP contribution in [0.3, 0.4) is 0 Å². The molecule has 0 aromatic heterocycles. The highest BCUT2D eigenvalue weighted by molar-refractivity contribution is 6.30. The van der Waals surface area contributed by atoms with Crippen LogP contribution in [0.2, 0.25) is 5.02 Å². The number of halogens is 1. The number of hydrogen-bond acceptors (Lipinski definition) is 2. The molecule has 14 heavy (non-hydrogen) atoms. The van der Waals surface area contributed by atoms with Crippen molar-refractivity contribution in [2.24, 2.45) is 0 Å². The minimum Gasteiger partial charge on any atom is -0.478 e. The minimum atomic E-state index is 0.0834. The molecule has 2 rings (SSSR count). The third-order valence-corrected chi connectivity index (χ3v) is 2.52. The van der Waals surface area contributed by atoms with Gasteiger partial charge < -0.3 is 4.74 Å². The number of hydrogen-bond donors (Lipinski definition) is 0. The Hall–Kier alpha value is -1.20. The summed E-state index contributed by atoms with van der Waals surface area (Å²) in [6, 6.07) is 7.60. The van der Waals surface area contributed by atoms with E-state index in [1.54, 1.807) is 6.07 Å². The quantitative estimate of drug-likeness (QED) is 0.763. The van der Waals surface area contributed by atoms with Crippen molar-refractivity contribution < 1.29 is 4.74 Å². The van der Waals surface area contributed by atoms with E-state index in [2.05, 4.69) is 0 Å². The Morgan fingerprint density at radius 1 is 1.50 bits per heavy atom. The van der Waals surface area contributed by atoms with Gasteiger partial charge in [-0.3, -0.25) is 0 Å². The van der Waals surface area contributed by atoms with Crippen LogP contribution in [0.5, 0.6) is 5.75 Å². The lowest BCUT2D eigenvalue weighted by molar-refractivity contribution is 0.364. The molecule has 0 heterocycles. The first-order valence-electron chi connectivity index (χ1n) is 4.60. The van der Waals surface area contributed by atoms with Crippen LogP contribution in [0.1, 0.15) is 24.3 Å². The van der Waals surface area contributed by atoms with Gasteiger partial charge in [-0.1, -0.05) is 17.7 Å². The summed E-state index contributed by atoms with van der Waals surface area (Å²) in [6.45, 7) is 0.0834. The Balaban J connectivity index is 2.24. The van der Waals surface area contributed by atoms with Gasteiger partial charge in [0, 0.05) is 5.02 Å². The number of rotatable bonds is 3. The summed E-state index contributed by atoms with van der Waals surface area (Å²) in [5, 5.41) is 9.09. The number of ether oxygens (including phenoxy) is 1. The molecular weight excluding hydrogens is 198 g/mol. The van der Waals surface area contributed by atoms with Crippen molar-refractivity contribution >= 4 is 11.6 Å². The zero-order chi connectivity index (χ0) is 9.97. The van der Waals surface area contributed by atoms with Gasteiger partial charge in [-0.2, -0.15) is 5.26 Å². The maximum absolute atomic E-state index is 8.43. The Bertz CT molecular complexity index is 379. The molecule has 0 saturated heterocycles. The van der Waals surface area contributed by atoms with E-state index < -0.39 is 0 Å². The van der Waals surface area contributed by atoms with Crippen LogP contribution in [-0.2, 0) is 0 Å². The maximum atomic E-state index is 8.43. The molecule has 0 aliphatic heterocycles. The van der Waals surface area contributed by atoms with Crippen molar-refractivity contribution in [1.29, 1.82) is 5.26 Å². The fraction of sp³-hybridized carbons (Fsp3) is 0.364. The fourth-order valence-electron chi connectivity index (χ4n) is 1.47. The predicted molar refractivity (Wildman–Crippen MR) is 54.5 cm³/mol. The molecule has 1 aliphatic carbocycles. The number of nitriles is 1. The number of nitrogens with zero attached hydrogens (tertiary/aromatic N) is 1. The largest absolute Gasteiger partial charge is 0.478 e. The molecule has 1 aliphatic rings. The molecule has 0 bridgehead atoms. The van der Waals surface area contributed by atoms with Crippen molar-refractivity contribution in [1.82, 2.24) is 0 Å². The Morgan fingerprint density at radius 2 is 2.29 bits per heavy atom. The van der Waals surface area contributed by atoms with Crippen LogP contribution in [0.25, 0.3) is 0 Å². The normalized spacial score (nSPS) is 14.9. The zero-order valence-electron chi connectivity index (χ0n) is 7.66. The summed E-state index contributed by atoms with van der Waals surface area (Å²) in [6.07, 6.45) is 2.43. The van der Waals surface area contributed by atoms with E-state index in [-0.39, 0.29) is 6.61 Å². The van der Waals surface area contributed by atoms with Gasteiger partial charge in [-0.25, -0.2) is 0 Å². The summed E-state index contributed by atoms with van der Waals surface area (Å²) < 4.78 is 5.32. The van der Waals surface area contributed by atoms with Gasteiger partial charge in [-0.15, -0.1) is 0 Å². The molecular formula is C11H10ClNO. The van der Waals surface area contributed by atoms with E-state index in [9.17, 15) is 0 Å². The van der Waals surface area contributed by atoms with Crippen molar-refractivity contribution in [3.8, 4) is 11.8 Å². The van der Waals surface area contributed by atoms with Crippen LogP contribution in [-0.4, -0.2) is 6.61 Å². The Kier molecular flexibility index (Phi) is 2.60. The summed E-state index contributed by atoms with van der Waals surface area (Å²) in [4.78, 5) is 0. The third-order valence-electron chi connectivity index (χ3n) is 2.29. The Labute approximate surface area is 88.1 Å². The summed E-state index contributed by atoms with van der Waals surface area (Å²) >= 11 is 5.86. The van der Waals surface area contributed by atoms with E-state index in [0.717, 1.165) is 5.75 Å². The van der Waals surface area contributed by atoms with Crippen molar-refractivity contribution in [2.45, 2.75) is 18.8 Å². The molecule has 0 atom stereocenters. The molecule has 0 N–H and O–H groups in total. The Morgan fingerprint density at radius 3 is 2.93 bits per heavy atom. The lowest BCUT2D eigenvalue weighted by Crippen LogP contribution is -1.96. The first kappa shape index (κ1) is 9.36. The van der Waals surface area contributed by atoms with Crippen LogP contribution in [0, 0.1) is 11.3 Å². The zero-order valence-corrected chi connectivity index (χ0v) is 8.42. The topological polar surface area (TPSA) is 33.0 Å². The smallest absolute Gasteiger partial charge is 0.174 e. The van der Waals surface area contributed by atoms with Crippen molar-refractivity contribution in [2.75, 3.05) is 6.61 Å². The summed E-state index contributed by atoms with van der Waals surface area (Å²) in [7, 11) is 0. The molecule has 1 aromatic rings. The van der Waals surface area contributed by atoms with Crippen molar-refractivity contribution in [3.05, 3.63) is 28.8 Å². The second-order valence-electron chi connectivity index (χ2n) is 3.40. The van der Waals surface area contributed by atoms with E-state index in [4.69, 9.17) is 21.6 Å². The monoisotopic (exact) mass is 207 g/mol. The lowest BCUT2D eigenvalue weighted by Gasteiger charge is -2.08. The van der Waals surface area contributed by atoms with Crippen LogP contribution in [0.4, 0.5) is 0 Å². The summed E-state index contributed by atoms with van der Waals surface area (Å²) in [5.74, 6) is 1.38. The third kappa shape index (κ3) is 2.00. The van der Waals surface area contributed by atoms with Gasteiger partial charge >= 0.3 is 0 Å². The molecule has 0 radical (unpaired) electrons. The first-order valence-corrected chi connectivity index (χ1v) is 4.98. The van der Waals surface area contributed by atoms with Gasteiger partial charge in [0.15, 0.2) is 6.61 Å². The van der Waals surface area contributed by atoms with Crippen LogP contribution < -0.4 is 4.74 Å². The lowest BCUT2D eigenvalue weighted by atomic mass is 10.1. The molecule has 2 nitrogen and oxygen atoms in total. The highest BCUT2D eigenvalue weighted by atomic mass is 35.5. The van der Waals surface area contributed by atoms with Crippen LogP contribution >= 0.6 is 11.6 Å². The van der Waals surface area contributed by atoms with E-state index in [0.29, 0.717) is 10.9 Å². The number of benzene rings is 1. The highest BCUT2D eigenvalue weighted by Gasteiger charge is 2.26. The fourth-order valence-corrected chi connectivity index (χ4v) is 1.64.